The minimum Gasteiger partial charge on any atom is -0.494 e. The number of aromatic hydroxyl groups is 1. The van der Waals surface area contributed by atoms with Crippen LogP contribution in [0, 0.1) is 0 Å². The molecule has 3 N–H and O–H groups in total. The van der Waals surface area contributed by atoms with Crippen molar-refractivity contribution in [3.8, 4) is 5.88 Å². The number of nitrogens with one attached hydrogen (secondary N) is 2. The second kappa shape index (κ2) is 6.74. The Morgan fingerprint density at radius 2 is 1.96 bits per heavy atom. The Kier molecular flexibility index (Phi) is 4.39. The summed E-state index contributed by atoms with van der Waals surface area (Å²) < 4.78 is 1.25. The summed E-state index contributed by atoms with van der Waals surface area (Å²) in [7, 11) is 0. The summed E-state index contributed by atoms with van der Waals surface area (Å²) in [6.45, 7) is 5.82. The third kappa shape index (κ3) is 2.70. The van der Waals surface area contributed by atoms with Crippen LogP contribution in [0.3, 0.4) is 0 Å². The fourth-order valence-corrected chi connectivity index (χ4v) is 4.21. The van der Waals surface area contributed by atoms with E-state index in [4.69, 9.17) is 0 Å². The lowest BCUT2D eigenvalue weighted by molar-refractivity contribution is 0.214. The normalized spacial score (nSPS) is 17.3. The first-order chi connectivity index (χ1) is 13.1. The standard InChI is InChI=1S/C20H24N4O3/c1-3-10-24-19(26)15(18(25)22-20(24)27)17-16-13(9-11-23(17)4-2)12-7-5-6-8-14(12)21-16/h5-8,17,21,26H,3-4,9-11H2,1-2H3,(H,22,25,27)/t17-/m1/s1. The molecule has 142 valence electrons. The highest BCUT2D eigenvalue weighted by atomic mass is 16.3. The summed E-state index contributed by atoms with van der Waals surface area (Å²) in [6, 6.07) is 7.65. The van der Waals surface area contributed by atoms with Gasteiger partial charge in [0.05, 0.1) is 6.04 Å². The maximum absolute atomic E-state index is 12.7. The fraction of sp³-hybridized carbons (Fsp3) is 0.400. The van der Waals surface area contributed by atoms with Crippen molar-refractivity contribution in [1.82, 2.24) is 19.4 Å². The quantitative estimate of drug-likeness (QED) is 0.657. The molecule has 1 aromatic carbocycles. The topological polar surface area (TPSA) is 94.1 Å². The maximum atomic E-state index is 12.7. The Bertz CT molecular complexity index is 1110. The SMILES string of the molecule is CCCn1c(O)c([C@@H]2c3[nH]c4ccccc4c3CCN2CC)c(=O)[nH]c1=O. The van der Waals surface area contributed by atoms with Crippen molar-refractivity contribution in [2.45, 2.75) is 39.3 Å². The Labute approximate surface area is 156 Å². The van der Waals surface area contributed by atoms with Gasteiger partial charge in [0.2, 0.25) is 5.88 Å². The minimum atomic E-state index is -0.571. The van der Waals surface area contributed by atoms with E-state index in [0.717, 1.165) is 36.1 Å². The number of H-pyrrole nitrogens is 2. The average molecular weight is 368 g/mol. The van der Waals surface area contributed by atoms with Crippen molar-refractivity contribution in [3.63, 3.8) is 0 Å². The van der Waals surface area contributed by atoms with E-state index < -0.39 is 17.3 Å². The molecule has 0 saturated heterocycles. The largest absolute Gasteiger partial charge is 0.494 e. The lowest BCUT2D eigenvalue weighted by atomic mass is 9.93. The molecule has 0 aliphatic carbocycles. The van der Waals surface area contributed by atoms with E-state index in [1.165, 1.54) is 10.1 Å². The molecule has 3 heterocycles. The molecule has 3 aromatic rings. The van der Waals surface area contributed by atoms with Crippen molar-refractivity contribution < 1.29 is 5.11 Å². The van der Waals surface area contributed by atoms with E-state index in [2.05, 4.69) is 20.9 Å². The summed E-state index contributed by atoms with van der Waals surface area (Å²) in [6.07, 6.45) is 1.55. The van der Waals surface area contributed by atoms with Crippen LogP contribution in [-0.4, -0.2) is 37.6 Å². The third-order valence-electron chi connectivity index (χ3n) is 5.47. The molecule has 1 atom stereocenters. The van der Waals surface area contributed by atoms with E-state index in [-0.39, 0.29) is 11.4 Å². The number of nitrogens with zero attached hydrogens (tertiary/aromatic N) is 2. The van der Waals surface area contributed by atoms with Crippen LogP contribution < -0.4 is 11.2 Å². The Hall–Kier alpha value is -2.80. The first-order valence-corrected chi connectivity index (χ1v) is 9.46. The average Bonchev–Trinajstić information content (AvgIpc) is 3.04. The van der Waals surface area contributed by atoms with Crippen molar-refractivity contribution in [2.24, 2.45) is 0 Å². The second-order valence-electron chi connectivity index (χ2n) is 6.99. The number of likely N-dealkylation sites (N-methyl/N-ethyl adjacent to an activating group) is 1. The van der Waals surface area contributed by atoms with E-state index >= 15 is 0 Å². The van der Waals surface area contributed by atoms with Gasteiger partial charge in [-0.25, -0.2) is 4.79 Å². The highest BCUT2D eigenvalue weighted by molar-refractivity contribution is 5.85. The molecular weight excluding hydrogens is 344 g/mol. The fourth-order valence-electron chi connectivity index (χ4n) is 4.21. The molecule has 0 radical (unpaired) electrons. The molecule has 0 unspecified atom stereocenters. The first kappa shape index (κ1) is 17.6. The van der Waals surface area contributed by atoms with Crippen molar-refractivity contribution in [2.75, 3.05) is 13.1 Å². The van der Waals surface area contributed by atoms with Crippen LogP contribution in [-0.2, 0) is 13.0 Å². The lowest BCUT2D eigenvalue weighted by Crippen LogP contribution is -2.41. The molecule has 1 aliphatic heterocycles. The van der Waals surface area contributed by atoms with Gasteiger partial charge in [-0.1, -0.05) is 32.0 Å². The maximum Gasteiger partial charge on any atom is 0.331 e. The molecular formula is C20H24N4O3. The predicted octanol–water partition coefficient (Wildman–Crippen LogP) is 2.10. The van der Waals surface area contributed by atoms with Crippen LogP contribution in [0.1, 0.15) is 43.1 Å². The van der Waals surface area contributed by atoms with Gasteiger partial charge in [0.1, 0.15) is 5.56 Å². The summed E-state index contributed by atoms with van der Waals surface area (Å²) >= 11 is 0. The van der Waals surface area contributed by atoms with Crippen molar-refractivity contribution in [1.29, 1.82) is 0 Å². The number of aromatic nitrogens is 3. The number of hydrogen-bond donors (Lipinski definition) is 3. The Balaban J connectivity index is 1.99. The highest BCUT2D eigenvalue weighted by Crippen LogP contribution is 2.39. The predicted molar refractivity (Wildman–Crippen MR) is 104 cm³/mol. The van der Waals surface area contributed by atoms with Gasteiger partial charge in [-0.05, 0) is 31.0 Å². The van der Waals surface area contributed by atoms with Crippen LogP contribution >= 0.6 is 0 Å². The monoisotopic (exact) mass is 368 g/mol. The van der Waals surface area contributed by atoms with E-state index in [1.54, 1.807) is 0 Å². The molecule has 0 fully saturated rings. The third-order valence-corrected chi connectivity index (χ3v) is 5.47. The molecule has 0 spiro atoms. The van der Waals surface area contributed by atoms with Gasteiger partial charge in [0.15, 0.2) is 0 Å². The van der Waals surface area contributed by atoms with E-state index in [1.807, 2.05) is 32.0 Å². The highest BCUT2D eigenvalue weighted by Gasteiger charge is 2.35. The van der Waals surface area contributed by atoms with Crippen LogP contribution in [0.15, 0.2) is 33.9 Å². The van der Waals surface area contributed by atoms with Gasteiger partial charge < -0.3 is 10.1 Å². The van der Waals surface area contributed by atoms with E-state index in [0.29, 0.717) is 13.0 Å². The zero-order valence-electron chi connectivity index (χ0n) is 15.6. The van der Waals surface area contributed by atoms with E-state index in [9.17, 15) is 14.7 Å². The zero-order valence-corrected chi connectivity index (χ0v) is 15.6. The first-order valence-electron chi connectivity index (χ1n) is 9.46. The molecule has 27 heavy (non-hydrogen) atoms. The number of rotatable bonds is 4. The Morgan fingerprint density at radius 3 is 2.70 bits per heavy atom. The number of aromatic amines is 2. The Morgan fingerprint density at radius 1 is 1.19 bits per heavy atom. The smallest absolute Gasteiger partial charge is 0.331 e. The lowest BCUT2D eigenvalue weighted by Gasteiger charge is -2.35. The number of benzene rings is 1. The number of hydrogen-bond acceptors (Lipinski definition) is 4. The molecule has 2 aromatic heterocycles. The van der Waals surface area contributed by atoms with Crippen molar-refractivity contribution in [3.05, 3.63) is 61.9 Å². The summed E-state index contributed by atoms with van der Waals surface area (Å²) in [5, 5.41) is 12.0. The molecule has 0 saturated carbocycles. The molecule has 4 rings (SSSR count). The van der Waals surface area contributed by atoms with Gasteiger partial charge in [-0.15, -0.1) is 0 Å². The van der Waals surface area contributed by atoms with Gasteiger partial charge >= 0.3 is 5.69 Å². The van der Waals surface area contributed by atoms with Gasteiger partial charge in [0, 0.05) is 29.7 Å². The van der Waals surface area contributed by atoms with Crippen LogP contribution in [0.2, 0.25) is 0 Å². The summed E-state index contributed by atoms with van der Waals surface area (Å²) in [5.74, 6) is -0.236. The molecule has 7 heteroatoms. The van der Waals surface area contributed by atoms with Crippen LogP contribution in [0.5, 0.6) is 5.88 Å². The number of fused-ring (bicyclic) bond motifs is 3. The van der Waals surface area contributed by atoms with Crippen molar-refractivity contribution >= 4 is 10.9 Å². The zero-order chi connectivity index (χ0) is 19.1. The second-order valence-corrected chi connectivity index (χ2v) is 6.99. The van der Waals surface area contributed by atoms with Gasteiger partial charge in [-0.2, -0.15) is 0 Å². The summed E-state index contributed by atoms with van der Waals surface area (Å²) in [5.41, 5.74) is 2.25. The molecule has 0 bridgehead atoms. The molecule has 0 amide bonds. The minimum absolute atomic E-state index is 0.234. The summed E-state index contributed by atoms with van der Waals surface area (Å²) in [4.78, 5) is 32.9. The molecule has 7 nitrogen and oxygen atoms in total. The van der Waals surface area contributed by atoms with Crippen LogP contribution in [0.25, 0.3) is 10.9 Å². The molecule has 1 aliphatic rings. The number of para-hydroxylation sites is 1. The van der Waals surface area contributed by atoms with Gasteiger partial charge in [-0.3, -0.25) is 19.2 Å². The van der Waals surface area contributed by atoms with Gasteiger partial charge in [0.25, 0.3) is 5.56 Å². The van der Waals surface area contributed by atoms with Crippen LogP contribution in [0.4, 0.5) is 0 Å².